The minimum absolute atomic E-state index is 0.0584. The fraction of sp³-hybridized carbons (Fsp3) is 0.217. The van der Waals surface area contributed by atoms with Crippen molar-refractivity contribution < 1.29 is 9.52 Å². The first-order valence-electron chi connectivity index (χ1n) is 9.79. The Morgan fingerprint density at radius 3 is 2.53 bits per heavy atom. The SMILES string of the molecule is OCCN(Cc1cnn(Cc2ccccc2)c1)Cc1ncc(-c2ccc(Cl)cc2)o1. The molecule has 0 aliphatic carbocycles. The van der Waals surface area contributed by atoms with Crippen LogP contribution < -0.4 is 0 Å². The largest absolute Gasteiger partial charge is 0.439 e. The Bertz CT molecular complexity index is 1060. The molecule has 2 aromatic carbocycles. The number of nitrogens with zero attached hydrogens (tertiary/aromatic N) is 4. The number of oxazole rings is 1. The molecule has 4 rings (SSSR count). The second-order valence-corrected chi connectivity index (χ2v) is 7.53. The van der Waals surface area contributed by atoms with Crippen LogP contribution in [0, 0.1) is 0 Å². The van der Waals surface area contributed by atoms with Gasteiger partial charge in [-0.2, -0.15) is 5.10 Å². The highest BCUT2D eigenvalue weighted by Crippen LogP contribution is 2.23. The third kappa shape index (κ3) is 5.36. The maximum atomic E-state index is 9.48. The second-order valence-electron chi connectivity index (χ2n) is 7.09. The van der Waals surface area contributed by atoms with E-state index in [2.05, 4.69) is 27.1 Å². The quantitative estimate of drug-likeness (QED) is 0.437. The minimum atomic E-state index is 0.0584. The molecule has 6 nitrogen and oxygen atoms in total. The molecule has 0 aliphatic rings. The van der Waals surface area contributed by atoms with Gasteiger partial charge in [0.25, 0.3) is 0 Å². The van der Waals surface area contributed by atoms with Gasteiger partial charge in [0.15, 0.2) is 5.76 Å². The Morgan fingerprint density at radius 1 is 0.967 bits per heavy atom. The van der Waals surface area contributed by atoms with E-state index in [1.54, 1.807) is 6.20 Å². The summed E-state index contributed by atoms with van der Waals surface area (Å²) in [5, 5.41) is 14.6. The third-order valence-corrected chi connectivity index (χ3v) is 4.99. The smallest absolute Gasteiger partial charge is 0.209 e. The van der Waals surface area contributed by atoms with Gasteiger partial charge >= 0.3 is 0 Å². The van der Waals surface area contributed by atoms with Gasteiger partial charge in [0.05, 0.1) is 32.1 Å². The van der Waals surface area contributed by atoms with Gasteiger partial charge in [-0.3, -0.25) is 9.58 Å². The summed E-state index contributed by atoms with van der Waals surface area (Å²) in [4.78, 5) is 6.48. The number of hydrogen-bond donors (Lipinski definition) is 1. The van der Waals surface area contributed by atoms with Crippen LogP contribution in [0.3, 0.4) is 0 Å². The first-order valence-corrected chi connectivity index (χ1v) is 10.2. The topological polar surface area (TPSA) is 67.3 Å². The highest BCUT2D eigenvalue weighted by molar-refractivity contribution is 6.30. The predicted octanol–water partition coefficient (Wildman–Crippen LogP) is 4.23. The summed E-state index contributed by atoms with van der Waals surface area (Å²) in [5.41, 5.74) is 3.20. The van der Waals surface area contributed by atoms with Gasteiger partial charge in [-0.05, 0) is 29.8 Å². The van der Waals surface area contributed by atoms with Crippen molar-refractivity contribution in [3.8, 4) is 11.3 Å². The van der Waals surface area contributed by atoms with Crippen molar-refractivity contribution in [3.05, 3.63) is 95.2 Å². The molecule has 0 atom stereocenters. The molecular formula is C23H23ClN4O2. The van der Waals surface area contributed by atoms with Gasteiger partial charge in [-0.1, -0.05) is 41.9 Å². The molecule has 0 amide bonds. The van der Waals surface area contributed by atoms with Crippen molar-refractivity contribution in [2.45, 2.75) is 19.6 Å². The molecule has 154 valence electrons. The number of aliphatic hydroxyl groups is 1. The number of rotatable bonds is 9. The van der Waals surface area contributed by atoms with E-state index in [1.165, 1.54) is 5.56 Å². The number of aliphatic hydroxyl groups excluding tert-OH is 1. The lowest BCUT2D eigenvalue weighted by Gasteiger charge is -2.18. The molecule has 4 aromatic rings. The highest BCUT2D eigenvalue weighted by Gasteiger charge is 2.13. The molecule has 2 heterocycles. The van der Waals surface area contributed by atoms with Crippen LogP contribution in [0.15, 0.2) is 77.6 Å². The first-order chi connectivity index (χ1) is 14.7. The summed E-state index contributed by atoms with van der Waals surface area (Å²) in [5.74, 6) is 1.30. The Labute approximate surface area is 180 Å². The number of aromatic nitrogens is 3. The van der Waals surface area contributed by atoms with Gasteiger partial charge in [-0.15, -0.1) is 0 Å². The Hall–Kier alpha value is -2.93. The standard InChI is InChI=1S/C23H23ClN4O2/c24-21-8-6-20(7-9-21)22-13-25-23(30-22)17-27(10-11-29)14-19-12-26-28(16-19)15-18-4-2-1-3-5-18/h1-9,12-13,16,29H,10-11,14-15,17H2. The van der Waals surface area contributed by atoms with Crippen LogP contribution in [0.5, 0.6) is 0 Å². The summed E-state index contributed by atoms with van der Waals surface area (Å²) in [6, 6.07) is 17.7. The Morgan fingerprint density at radius 2 is 1.77 bits per heavy atom. The molecule has 0 fully saturated rings. The van der Waals surface area contributed by atoms with Crippen molar-refractivity contribution in [3.63, 3.8) is 0 Å². The van der Waals surface area contributed by atoms with E-state index in [-0.39, 0.29) is 6.61 Å². The van der Waals surface area contributed by atoms with Crippen molar-refractivity contribution in [1.82, 2.24) is 19.7 Å². The molecule has 30 heavy (non-hydrogen) atoms. The van der Waals surface area contributed by atoms with Gasteiger partial charge in [0, 0.05) is 35.4 Å². The molecule has 0 radical (unpaired) electrons. The van der Waals surface area contributed by atoms with E-state index >= 15 is 0 Å². The molecule has 0 saturated carbocycles. The van der Waals surface area contributed by atoms with Crippen LogP contribution in [0.25, 0.3) is 11.3 Å². The predicted molar refractivity (Wildman–Crippen MR) is 116 cm³/mol. The zero-order valence-corrected chi connectivity index (χ0v) is 17.2. The van der Waals surface area contributed by atoms with Crippen LogP contribution in [-0.4, -0.2) is 37.9 Å². The maximum Gasteiger partial charge on any atom is 0.209 e. The van der Waals surface area contributed by atoms with Crippen molar-refractivity contribution >= 4 is 11.6 Å². The molecule has 0 aliphatic heterocycles. The summed E-state index contributed by atoms with van der Waals surface area (Å²) >= 11 is 5.95. The maximum absolute atomic E-state index is 9.48. The average molecular weight is 423 g/mol. The number of benzene rings is 2. The van der Waals surface area contributed by atoms with Gasteiger partial charge < -0.3 is 9.52 Å². The van der Waals surface area contributed by atoms with E-state index in [9.17, 15) is 5.11 Å². The lowest BCUT2D eigenvalue weighted by molar-refractivity contribution is 0.173. The average Bonchev–Trinajstić information content (AvgIpc) is 3.39. The van der Waals surface area contributed by atoms with E-state index in [1.807, 2.05) is 59.5 Å². The van der Waals surface area contributed by atoms with E-state index in [0.717, 1.165) is 17.7 Å². The van der Waals surface area contributed by atoms with Crippen LogP contribution in [0.4, 0.5) is 0 Å². The zero-order chi connectivity index (χ0) is 20.8. The van der Waals surface area contributed by atoms with Crippen LogP contribution in [-0.2, 0) is 19.6 Å². The van der Waals surface area contributed by atoms with E-state index < -0.39 is 0 Å². The first kappa shape index (κ1) is 20.3. The molecule has 0 saturated heterocycles. The van der Waals surface area contributed by atoms with Gasteiger partial charge in [-0.25, -0.2) is 4.98 Å². The molecule has 0 spiro atoms. The summed E-state index contributed by atoms with van der Waals surface area (Å²) in [7, 11) is 0. The minimum Gasteiger partial charge on any atom is -0.439 e. The lowest BCUT2D eigenvalue weighted by atomic mass is 10.2. The van der Waals surface area contributed by atoms with Crippen molar-refractivity contribution in [2.24, 2.45) is 0 Å². The fourth-order valence-electron chi connectivity index (χ4n) is 3.28. The molecule has 0 unspecified atom stereocenters. The highest BCUT2D eigenvalue weighted by atomic mass is 35.5. The van der Waals surface area contributed by atoms with Crippen LogP contribution in [0.1, 0.15) is 17.0 Å². The molecule has 0 bridgehead atoms. The second kappa shape index (κ2) is 9.71. The molecule has 7 heteroatoms. The molecular weight excluding hydrogens is 400 g/mol. The van der Waals surface area contributed by atoms with Crippen molar-refractivity contribution in [1.29, 1.82) is 0 Å². The van der Waals surface area contributed by atoms with Crippen LogP contribution >= 0.6 is 11.6 Å². The lowest BCUT2D eigenvalue weighted by Crippen LogP contribution is -2.26. The normalized spacial score (nSPS) is 11.3. The van der Waals surface area contributed by atoms with E-state index in [4.69, 9.17) is 16.0 Å². The van der Waals surface area contributed by atoms with Gasteiger partial charge in [0.2, 0.25) is 5.89 Å². The monoisotopic (exact) mass is 422 g/mol. The number of hydrogen-bond acceptors (Lipinski definition) is 5. The molecule has 2 aromatic heterocycles. The summed E-state index contributed by atoms with van der Waals surface area (Å²) in [6.45, 7) is 2.45. The zero-order valence-electron chi connectivity index (χ0n) is 16.5. The summed E-state index contributed by atoms with van der Waals surface area (Å²) < 4.78 is 7.83. The fourth-order valence-corrected chi connectivity index (χ4v) is 3.41. The Kier molecular flexibility index (Phi) is 6.59. The third-order valence-electron chi connectivity index (χ3n) is 4.74. The number of halogens is 1. The Balaban J connectivity index is 1.40. The van der Waals surface area contributed by atoms with Crippen LogP contribution in [0.2, 0.25) is 5.02 Å². The molecule has 1 N–H and O–H groups in total. The van der Waals surface area contributed by atoms with E-state index in [0.29, 0.717) is 36.3 Å². The van der Waals surface area contributed by atoms with Crippen molar-refractivity contribution in [2.75, 3.05) is 13.2 Å². The van der Waals surface area contributed by atoms with Gasteiger partial charge in [0.1, 0.15) is 0 Å². The summed E-state index contributed by atoms with van der Waals surface area (Å²) in [6.07, 6.45) is 5.61.